The van der Waals surface area contributed by atoms with Crippen LogP contribution in [-0.2, 0) is 6.42 Å². The first-order valence-corrected chi connectivity index (χ1v) is 9.24. The van der Waals surface area contributed by atoms with Crippen LogP contribution < -0.4 is 4.90 Å². The van der Waals surface area contributed by atoms with Crippen molar-refractivity contribution in [1.29, 1.82) is 10.5 Å². The van der Waals surface area contributed by atoms with Crippen molar-refractivity contribution in [3.05, 3.63) is 65.4 Å². The van der Waals surface area contributed by atoms with Gasteiger partial charge in [-0.15, -0.1) is 0 Å². The second-order valence-corrected chi connectivity index (χ2v) is 6.92. The Morgan fingerprint density at radius 1 is 0.889 bits per heavy atom. The van der Waals surface area contributed by atoms with Gasteiger partial charge in [-0.1, -0.05) is 0 Å². The van der Waals surface area contributed by atoms with Crippen molar-refractivity contribution in [1.82, 2.24) is 9.88 Å². The molecule has 0 bridgehead atoms. The van der Waals surface area contributed by atoms with E-state index in [1.165, 1.54) is 11.3 Å². The molecule has 134 valence electrons. The molecule has 0 unspecified atom stereocenters. The molecule has 2 aromatic carbocycles. The molecule has 1 fully saturated rings. The molecule has 1 aromatic heterocycles. The maximum absolute atomic E-state index is 9.12. The number of piperazine rings is 1. The zero-order valence-electron chi connectivity index (χ0n) is 15.2. The number of nitriles is 2. The predicted molar refractivity (Wildman–Crippen MR) is 107 cm³/mol. The molecule has 1 N–H and O–H groups in total. The monoisotopic (exact) mass is 355 g/mol. The van der Waals surface area contributed by atoms with Gasteiger partial charge in [0.15, 0.2) is 0 Å². The first-order valence-electron chi connectivity index (χ1n) is 9.24. The van der Waals surface area contributed by atoms with E-state index < -0.39 is 0 Å². The molecular weight excluding hydrogens is 334 g/mol. The Balaban J connectivity index is 1.34. The number of rotatable bonds is 4. The molecular formula is C22H21N5. The van der Waals surface area contributed by atoms with Crippen LogP contribution in [0.25, 0.3) is 10.9 Å². The van der Waals surface area contributed by atoms with Gasteiger partial charge in [-0.25, -0.2) is 0 Å². The average Bonchev–Trinajstić information content (AvgIpc) is 3.15. The summed E-state index contributed by atoms with van der Waals surface area (Å²) < 4.78 is 0. The van der Waals surface area contributed by atoms with Gasteiger partial charge < -0.3 is 9.88 Å². The van der Waals surface area contributed by atoms with Crippen LogP contribution in [0.3, 0.4) is 0 Å². The maximum atomic E-state index is 9.12. The van der Waals surface area contributed by atoms with Crippen molar-refractivity contribution in [2.75, 3.05) is 37.6 Å². The van der Waals surface area contributed by atoms with E-state index in [0.29, 0.717) is 11.1 Å². The van der Waals surface area contributed by atoms with Crippen LogP contribution in [0.5, 0.6) is 0 Å². The summed E-state index contributed by atoms with van der Waals surface area (Å²) in [5.41, 5.74) is 4.97. The lowest BCUT2D eigenvalue weighted by Crippen LogP contribution is -2.47. The van der Waals surface area contributed by atoms with Gasteiger partial charge in [-0.2, -0.15) is 10.5 Å². The van der Waals surface area contributed by atoms with Crippen molar-refractivity contribution in [3.63, 3.8) is 0 Å². The zero-order chi connectivity index (χ0) is 18.6. The first-order chi connectivity index (χ1) is 13.3. The van der Waals surface area contributed by atoms with Gasteiger partial charge in [0.25, 0.3) is 0 Å². The minimum absolute atomic E-state index is 0.704. The summed E-state index contributed by atoms with van der Waals surface area (Å²) >= 11 is 0. The van der Waals surface area contributed by atoms with Gasteiger partial charge in [0.2, 0.25) is 0 Å². The molecule has 1 aliphatic rings. The van der Waals surface area contributed by atoms with E-state index in [-0.39, 0.29) is 0 Å². The molecule has 27 heavy (non-hydrogen) atoms. The fraction of sp³-hybridized carbons (Fsp3) is 0.273. The molecule has 0 radical (unpaired) electrons. The summed E-state index contributed by atoms with van der Waals surface area (Å²) in [5, 5.41) is 19.2. The van der Waals surface area contributed by atoms with E-state index in [1.54, 1.807) is 0 Å². The van der Waals surface area contributed by atoms with Crippen LogP contribution in [0.1, 0.15) is 16.7 Å². The summed E-state index contributed by atoms with van der Waals surface area (Å²) in [6.07, 6.45) is 3.05. The number of benzene rings is 2. The van der Waals surface area contributed by atoms with Crippen molar-refractivity contribution in [2.24, 2.45) is 0 Å². The fourth-order valence-corrected chi connectivity index (χ4v) is 3.71. The Morgan fingerprint density at radius 3 is 2.30 bits per heavy atom. The third-order valence-electron chi connectivity index (χ3n) is 5.33. The number of nitrogens with zero attached hydrogens (tertiary/aromatic N) is 4. The van der Waals surface area contributed by atoms with Gasteiger partial charge in [0.1, 0.15) is 0 Å². The molecule has 0 atom stereocenters. The van der Waals surface area contributed by atoms with Crippen LogP contribution in [0, 0.1) is 22.7 Å². The quantitative estimate of drug-likeness (QED) is 0.780. The van der Waals surface area contributed by atoms with Crippen LogP contribution in [0.15, 0.2) is 48.7 Å². The van der Waals surface area contributed by atoms with Crippen molar-refractivity contribution in [3.8, 4) is 12.1 Å². The lowest BCUT2D eigenvalue weighted by molar-refractivity contribution is 0.261. The number of nitrogens with one attached hydrogen (secondary N) is 1. The number of fused-ring (bicyclic) bond motifs is 1. The smallest absolute Gasteiger partial charge is 0.0991 e. The largest absolute Gasteiger partial charge is 0.369 e. The van der Waals surface area contributed by atoms with E-state index in [0.717, 1.165) is 50.0 Å². The molecule has 5 nitrogen and oxygen atoms in total. The Labute approximate surface area is 159 Å². The first kappa shape index (κ1) is 17.1. The predicted octanol–water partition coefficient (Wildman–Crippen LogP) is 3.28. The highest BCUT2D eigenvalue weighted by Gasteiger charge is 2.17. The third kappa shape index (κ3) is 3.65. The van der Waals surface area contributed by atoms with Crippen molar-refractivity contribution < 1.29 is 0 Å². The Kier molecular flexibility index (Phi) is 4.78. The number of aromatic nitrogens is 1. The maximum Gasteiger partial charge on any atom is 0.0991 e. The topological polar surface area (TPSA) is 69.8 Å². The minimum Gasteiger partial charge on any atom is -0.369 e. The van der Waals surface area contributed by atoms with Gasteiger partial charge in [0.05, 0.1) is 23.3 Å². The Morgan fingerprint density at radius 2 is 1.59 bits per heavy atom. The van der Waals surface area contributed by atoms with Gasteiger partial charge in [-0.3, -0.25) is 4.90 Å². The SMILES string of the molecule is N#Cc1ccc(N2CCN(CCc3c[nH]c4ccc(C#N)cc34)CC2)cc1. The molecule has 1 saturated heterocycles. The standard InChI is InChI=1S/C22H21N5/c23-14-17-1-4-20(5-2-17)27-11-9-26(10-12-27)8-7-19-16-25-22-6-3-18(15-24)13-21(19)22/h1-6,13,16,25H,7-12H2. The van der Waals surface area contributed by atoms with Crippen LogP contribution in [-0.4, -0.2) is 42.6 Å². The van der Waals surface area contributed by atoms with E-state index >= 15 is 0 Å². The van der Waals surface area contributed by atoms with Crippen molar-refractivity contribution >= 4 is 16.6 Å². The van der Waals surface area contributed by atoms with Gasteiger partial charge in [-0.05, 0) is 54.4 Å². The molecule has 2 heterocycles. The number of anilines is 1. The normalized spacial score (nSPS) is 14.8. The molecule has 1 aliphatic heterocycles. The highest BCUT2D eigenvalue weighted by molar-refractivity contribution is 5.84. The average molecular weight is 355 g/mol. The second-order valence-electron chi connectivity index (χ2n) is 6.92. The summed E-state index contributed by atoms with van der Waals surface area (Å²) in [6, 6.07) is 18.0. The number of aromatic amines is 1. The molecule has 3 aromatic rings. The zero-order valence-corrected chi connectivity index (χ0v) is 15.2. The van der Waals surface area contributed by atoms with Gasteiger partial charge >= 0.3 is 0 Å². The number of H-pyrrole nitrogens is 1. The van der Waals surface area contributed by atoms with E-state index in [1.807, 2.05) is 42.5 Å². The van der Waals surface area contributed by atoms with Crippen molar-refractivity contribution in [2.45, 2.75) is 6.42 Å². The summed E-state index contributed by atoms with van der Waals surface area (Å²) in [6.45, 7) is 5.08. The summed E-state index contributed by atoms with van der Waals surface area (Å²) in [5.74, 6) is 0. The van der Waals surface area contributed by atoms with Crippen LogP contribution in [0.2, 0.25) is 0 Å². The van der Waals surface area contributed by atoms with Gasteiger partial charge in [0, 0.05) is 55.5 Å². The molecule has 0 amide bonds. The number of hydrogen-bond donors (Lipinski definition) is 1. The van der Waals surface area contributed by atoms with E-state index in [2.05, 4.69) is 33.1 Å². The summed E-state index contributed by atoms with van der Waals surface area (Å²) in [4.78, 5) is 8.18. The van der Waals surface area contributed by atoms with Crippen LogP contribution >= 0.6 is 0 Å². The number of hydrogen-bond acceptors (Lipinski definition) is 4. The fourth-order valence-electron chi connectivity index (χ4n) is 3.71. The molecule has 5 heteroatoms. The lowest BCUT2D eigenvalue weighted by Gasteiger charge is -2.36. The highest BCUT2D eigenvalue weighted by atomic mass is 15.3. The van der Waals surface area contributed by atoms with Crippen LogP contribution in [0.4, 0.5) is 5.69 Å². The van der Waals surface area contributed by atoms with E-state index in [4.69, 9.17) is 10.5 Å². The Bertz CT molecular complexity index is 1010. The molecule has 0 spiro atoms. The molecule has 0 aliphatic carbocycles. The second kappa shape index (κ2) is 7.53. The Hall–Kier alpha value is -3.28. The lowest BCUT2D eigenvalue weighted by atomic mass is 10.1. The molecule has 0 saturated carbocycles. The molecule has 4 rings (SSSR count). The highest BCUT2D eigenvalue weighted by Crippen LogP contribution is 2.21. The third-order valence-corrected chi connectivity index (χ3v) is 5.33. The summed E-state index contributed by atoms with van der Waals surface area (Å²) in [7, 11) is 0. The van der Waals surface area contributed by atoms with E-state index in [9.17, 15) is 0 Å². The minimum atomic E-state index is 0.704.